The maximum Gasteiger partial charge on any atom is 0.536 e. The van der Waals surface area contributed by atoms with Crippen molar-refractivity contribution in [1.82, 2.24) is 4.90 Å². The molecule has 0 radical (unpaired) electrons. The van der Waals surface area contributed by atoms with Gasteiger partial charge in [0.25, 0.3) is 0 Å². The molecule has 5 heteroatoms. The fraction of sp³-hybridized carbons (Fsp3) is 0.625. The molecule has 0 bridgehead atoms. The first kappa shape index (κ1) is 16.6. The number of nitrogens with zero attached hydrogens (tertiary/aromatic N) is 1. The Morgan fingerprint density at radius 1 is 1.10 bits per heavy atom. The number of likely N-dealkylation sites (tertiary alicyclic amines) is 1. The smallest absolute Gasteiger partial charge is 0.373 e. The largest absolute Gasteiger partial charge is 0.536 e. The van der Waals surface area contributed by atoms with Crippen LogP contribution in [0, 0.1) is 5.92 Å². The third kappa shape index (κ3) is 4.14. The molecule has 0 amide bonds. The molecule has 1 aromatic rings. The summed E-state index contributed by atoms with van der Waals surface area (Å²) in [6.07, 6.45) is 2.39. The molecule has 0 aromatic heterocycles. The number of piperidine rings is 1. The quantitative estimate of drug-likeness (QED) is 0.720. The summed E-state index contributed by atoms with van der Waals surface area (Å²) in [6.45, 7) is 6.43. The van der Waals surface area contributed by atoms with Crippen molar-refractivity contribution in [3.8, 4) is 0 Å². The number of hydrogen-bond acceptors (Lipinski definition) is 4. The van der Waals surface area contributed by atoms with E-state index in [0.29, 0.717) is 5.92 Å². The SMILES string of the molecule is CCN1CCC(CO[Si](OC)(OC)c2ccccc2)CC1. The highest BCUT2D eigenvalue weighted by Crippen LogP contribution is 2.19. The van der Waals surface area contributed by atoms with Crippen LogP contribution >= 0.6 is 0 Å². The zero-order chi connectivity index (χ0) is 15.1. The van der Waals surface area contributed by atoms with Crippen LogP contribution in [0.5, 0.6) is 0 Å². The normalized spacial score (nSPS) is 18.0. The Balaban J connectivity index is 1.95. The highest BCUT2D eigenvalue weighted by molar-refractivity contribution is 6.75. The lowest BCUT2D eigenvalue weighted by atomic mass is 9.98. The summed E-state index contributed by atoms with van der Waals surface area (Å²) in [5.41, 5.74) is 0. The van der Waals surface area contributed by atoms with E-state index in [2.05, 4.69) is 11.8 Å². The first-order valence-corrected chi connectivity index (χ1v) is 9.48. The van der Waals surface area contributed by atoms with E-state index in [1.807, 2.05) is 30.3 Å². The van der Waals surface area contributed by atoms with Crippen LogP contribution in [0.1, 0.15) is 19.8 Å². The molecular weight excluding hydrogens is 282 g/mol. The topological polar surface area (TPSA) is 30.9 Å². The van der Waals surface area contributed by atoms with E-state index in [1.54, 1.807) is 14.2 Å². The Kier molecular flexibility index (Phi) is 6.38. The molecule has 1 heterocycles. The summed E-state index contributed by atoms with van der Waals surface area (Å²) >= 11 is 0. The molecule has 0 N–H and O–H groups in total. The van der Waals surface area contributed by atoms with Crippen molar-refractivity contribution < 1.29 is 13.3 Å². The minimum atomic E-state index is -2.74. The number of rotatable bonds is 7. The Morgan fingerprint density at radius 2 is 1.71 bits per heavy atom. The van der Waals surface area contributed by atoms with E-state index in [1.165, 1.54) is 25.9 Å². The van der Waals surface area contributed by atoms with Gasteiger partial charge in [0.15, 0.2) is 0 Å². The zero-order valence-corrected chi connectivity index (χ0v) is 14.4. The third-order valence-electron chi connectivity index (χ3n) is 4.33. The molecule has 1 fully saturated rings. The fourth-order valence-corrected chi connectivity index (χ4v) is 4.96. The minimum absolute atomic E-state index is 0.605. The van der Waals surface area contributed by atoms with Crippen LogP contribution in [0.25, 0.3) is 0 Å². The molecule has 2 rings (SSSR count). The summed E-state index contributed by atoms with van der Waals surface area (Å²) in [7, 11) is 0.623. The van der Waals surface area contributed by atoms with E-state index < -0.39 is 8.80 Å². The van der Waals surface area contributed by atoms with Gasteiger partial charge in [0, 0.05) is 26.0 Å². The Hall–Kier alpha value is -0.723. The van der Waals surface area contributed by atoms with Crippen molar-refractivity contribution in [1.29, 1.82) is 0 Å². The van der Waals surface area contributed by atoms with Crippen molar-refractivity contribution in [2.24, 2.45) is 5.92 Å². The van der Waals surface area contributed by atoms with Gasteiger partial charge in [-0.2, -0.15) is 0 Å². The van der Waals surface area contributed by atoms with Crippen molar-refractivity contribution in [2.75, 3.05) is 40.5 Å². The highest BCUT2D eigenvalue weighted by atomic mass is 28.4. The van der Waals surface area contributed by atoms with Crippen molar-refractivity contribution in [2.45, 2.75) is 19.8 Å². The van der Waals surface area contributed by atoms with Crippen molar-refractivity contribution >= 4 is 14.0 Å². The van der Waals surface area contributed by atoms with E-state index in [9.17, 15) is 0 Å². The summed E-state index contributed by atoms with van der Waals surface area (Å²) in [4.78, 5) is 2.49. The molecule has 4 nitrogen and oxygen atoms in total. The molecule has 1 aliphatic rings. The average Bonchev–Trinajstić information content (AvgIpc) is 2.58. The summed E-state index contributed by atoms with van der Waals surface area (Å²) < 4.78 is 17.6. The van der Waals surface area contributed by atoms with Crippen LogP contribution < -0.4 is 5.19 Å². The monoisotopic (exact) mass is 309 g/mol. The van der Waals surface area contributed by atoms with Gasteiger partial charge in [-0.1, -0.05) is 37.3 Å². The molecule has 118 valence electrons. The molecule has 0 atom stereocenters. The van der Waals surface area contributed by atoms with E-state index in [-0.39, 0.29) is 0 Å². The van der Waals surface area contributed by atoms with E-state index in [0.717, 1.165) is 18.3 Å². The van der Waals surface area contributed by atoms with Crippen molar-refractivity contribution in [3.05, 3.63) is 30.3 Å². The first-order chi connectivity index (χ1) is 10.2. The minimum Gasteiger partial charge on any atom is -0.373 e. The van der Waals surface area contributed by atoms with E-state index >= 15 is 0 Å². The van der Waals surface area contributed by atoms with Gasteiger partial charge < -0.3 is 18.2 Å². The van der Waals surface area contributed by atoms with Gasteiger partial charge in [0.2, 0.25) is 0 Å². The van der Waals surface area contributed by atoms with Crippen molar-refractivity contribution in [3.63, 3.8) is 0 Å². The predicted octanol–water partition coefficient (Wildman–Crippen LogP) is 1.87. The highest BCUT2D eigenvalue weighted by Gasteiger charge is 2.42. The summed E-state index contributed by atoms with van der Waals surface area (Å²) in [6, 6.07) is 10.0. The van der Waals surface area contributed by atoms with Gasteiger partial charge in [-0.3, -0.25) is 0 Å². The third-order valence-corrected chi connectivity index (χ3v) is 6.99. The van der Waals surface area contributed by atoms with Gasteiger partial charge in [-0.25, -0.2) is 0 Å². The molecule has 0 aliphatic carbocycles. The molecule has 0 spiro atoms. The Labute approximate surface area is 129 Å². The van der Waals surface area contributed by atoms with Gasteiger partial charge >= 0.3 is 8.80 Å². The van der Waals surface area contributed by atoms with Crippen LogP contribution in [-0.2, 0) is 13.3 Å². The maximum absolute atomic E-state index is 6.20. The fourth-order valence-electron chi connectivity index (χ4n) is 2.86. The molecule has 0 saturated carbocycles. The zero-order valence-electron chi connectivity index (χ0n) is 13.4. The molecule has 1 saturated heterocycles. The lowest BCUT2D eigenvalue weighted by molar-refractivity contribution is 0.0752. The standard InChI is InChI=1S/C16H27NO3Si/c1-4-17-12-10-15(11-13-17)14-20-21(18-2,19-3)16-8-6-5-7-9-16/h5-9,15H,4,10-14H2,1-3H3. The van der Waals surface area contributed by atoms with Crippen LogP contribution in [-0.4, -0.2) is 54.2 Å². The summed E-state index contributed by atoms with van der Waals surface area (Å²) in [5.74, 6) is 0.605. The average molecular weight is 309 g/mol. The van der Waals surface area contributed by atoms with Gasteiger partial charge in [0.05, 0.1) is 0 Å². The lowest BCUT2D eigenvalue weighted by Crippen LogP contribution is -2.56. The molecule has 21 heavy (non-hydrogen) atoms. The maximum atomic E-state index is 6.20. The van der Waals surface area contributed by atoms with Crippen LogP contribution in [0.15, 0.2) is 30.3 Å². The van der Waals surface area contributed by atoms with E-state index in [4.69, 9.17) is 13.3 Å². The second kappa shape index (κ2) is 8.05. The van der Waals surface area contributed by atoms with Crippen LogP contribution in [0.4, 0.5) is 0 Å². The summed E-state index contributed by atoms with van der Waals surface area (Å²) in [5, 5.41) is 1.03. The molecule has 0 unspecified atom stereocenters. The van der Waals surface area contributed by atoms with Gasteiger partial charge in [0.1, 0.15) is 0 Å². The van der Waals surface area contributed by atoms with Gasteiger partial charge in [-0.05, 0) is 38.4 Å². The van der Waals surface area contributed by atoms with Crippen LogP contribution in [0.3, 0.4) is 0 Å². The van der Waals surface area contributed by atoms with Crippen LogP contribution in [0.2, 0.25) is 0 Å². The number of hydrogen-bond donors (Lipinski definition) is 0. The second-order valence-corrected chi connectivity index (χ2v) is 8.31. The first-order valence-electron chi connectivity index (χ1n) is 7.76. The van der Waals surface area contributed by atoms with Gasteiger partial charge in [-0.15, -0.1) is 0 Å². The lowest BCUT2D eigenvalue weighted by Gasteiger charge is -2.33. The molecule has 1 aliphatic heterocycles. The predicted molar refractivity (Wildman–Crippen MR) is 86.6 cm³/mol. The Bertz CT molecular complexity index is 403. The molecule has 1 aromatic carbocycles. The second-order valence-electron chi connectivity index (χ2n) is 5.52. The Morgan fingerprint density at radius 3 is 2.24 bits per heavy atom. The number of benzene rings is 1. The molecular formula is C16H27NO3Si.